The van der Waals surface area contributed by atoms with E-state index in [9.17, 15) is 0 Å². The average Bonchev–Trinajstić information content (AvgIpc) is 1.63. The molecule has 0 saturated carbocycles. The van der Waals surface area contributed by atoms with Crippen molar-refractivity contribution in [3.63, 3.8) is 0 Å². The molecule has 55 valence electrons. The first-order valence-electron chi connectivity index (χ1n) is 2.29. The molecule has 0 aliphatic rings. The third kappa shape index (κ3) is 9.18. The van der Waals surface area contributed by atoms with Gasteiger partial charge in [-0.15, -0.1) is 0 Å². The molecule has 5 heteroatoms. The van der Waals surface area contributed by atoms with Crippen molar-refractivity contribution < 1.29 is 4.74 Å². The average molecular weight is 209 g/mol. The van der Waals surface area contributed by atoms with Gasteiger partial charge in [0.2, 0.25) is 0 Å². The van der Waals surface area contributed by atoms with Gasteiger partial charge in [-0.1, -0.05) is 47.4 Å². The molecule has 1 radical (unpaired) electrons. The van der Waals surface area contributed by atoms with Gasteiger partial charge in [-0.05, 0) is 0 Å². The number of alkyl halides is 3. The summed E-state index contributed by atoms with van der Waals surface area (Å²) in [5.41, 5.74) is 0. The summed E-state index contributed by atoms with van der Waals surface area (Å²) in [5.74, 6) is 0.251. The molecule has 0 aliphatic carbocycles. The zero-order chi connectivity index (χ0) is 7.33. The van der Waals surface area contributed by atoms with Crippen LogP contribution in [-0.2, 0) is 4.74 Å². The predicted octanol–water partition coefficient (Wildman–Crippen LogP) is 2.92. The quantitative estimate of drug-likeness (QED) is 0.512. The molecule has 0 aromatic carbocycles. The summed E-state index contributed by atoms with van der Waals surface area (Å²) in [7, 11) is 0. The van der Waals surface area contributed by atoms with Crippen LogP contribution in [0.2, 0.25) is 0 Å². The summed E-state index contributed by atoms with van der Waals surface area (Å²) in [6, 6.07) is 0. The van der Waals surface area contributed by atoms with E-state index in [1.807, 2.05) is 0 Å². The fraction of sp³-hybridized carbons (Fsp3) is 1.00. The lowest BCUT2D eigenvalue weighted by atomic mass is 10.5. The summed E-state index contributed by atoms with van der Waals surface area (Å²) >= 11 is 20.6. The van der Waals surface area contributed by atoms with E-state index in [-0.39, 0.29) is 5.94 Å². The highest BCUT2D eigenvalue weighted by Gasteiger charge is 2.18. The van der Waals surface area contributed by atoms with Crippen molar-refractivity contribution in [2.75, 3.05) is 12.5 Å². The Labute approximate surface area is 75.0 Å². The predicted molar refractivity (Wildman–Crippen MR) is 43.3 cm³/mol. The molecule has 0 fully saturated rings. The van der Waals surface area contributed by atoms with Crippen LogP contribution in [0.1, 0.15) is 6.42 Å². The zero-order valence-electron chi connectivity index (χ0n) is 4.57. The first-order chi connectivity index (χ1) is 4.06. The van der Waals surface area contributed by atoms with Gasteiger partial charge in [-0.2, -0.15) is 0 Å². The van der Waals surface area contributed by atoms with E-state index >= 15 is 0 Å². The molecule has 0 aromatic rings. The van der Waals surface area contributed by atoms with E-state index in [1.165, 1.54) is 0 Å². The minimum atomic E-state index is -1.20. The lowest BCUT2D eigenvalue weighted by Gasteiger charge is -2.08. The maximum absolute atomic E-state index is 5.39. The van der Waals surface area contributed by atoms with Crippen molar-refractivity contribution in [1.82, 2.24) is 0 Å². The smallest absolute Gasteiger partial charge is 0.192 e. The van der Waals surface area contributed by atoms with E-state index < -0.39 is 3.79 Å². The van der Waals surface area contributed by atoms with Crippen LogP contribution >= 0.6 is 47.4 Å². The van der Waals surface area contributed by atoms with Gasteiger partial charge in [0, 0.05) is 6.42 Å². The molecule has 0 unspecified atom stereocenters. The van der Waals surface area contributed by atoms with Crippen LogP contribution in [0.4, 0.5) is 0 Å². The molecule has 0 atom stereocenters. The normalized spacial score (nSPS) is 12.0. The molecular formula is C4H6Cl3OS. The minimum Gasteiger partial charge on any atom is -0.370 e. The first kappa shape index (κ1) is 10.2. The van der Waals surface area contributed by atoms with Gasteiger partial charge < -0.3 is 4.74 Å². The van der Waals surface area contributed by atoms with E-state index in [0.29, 0.717) is 13.0 Å². The highest BCUT2D eigenvalue weighted by atomic mass is 35.6. The highest BCUT2D eigenvalue weighted by Crippen LogP contribution is 2.29. The molecule has 0 heterocycles. The Kier molecular flexibility index (Phi) is 5.56. The maximum atomic E-state index is 5.39. The SMILES string of the molecule is [S]COCCC(Cl)(Cl)Cl. The van der Waals surface area contributed by atoms with Gasteiger partial charge in [0.15, 0.2) is 3.79 Å². The summed E-state index contributed by atoms with van der Waals surface area (Å²) < 4.78 is 3.57. The molecule has 1 nitrogen and oxygen atoms in total. The standard InChI is InChI=1S/C4H6Cl3OS/c5-4(6,7)1-2-8-3-9/h1-3H2. The van der Waals surface area contributed by atoms with Gasteiger partial charge in [0.05, 0.1) is 6.61 Å². The third-order valence-electron chi connectivity index (χ3n) is 0.613. The van der Waals surface area contributed by atoms with Gasteiger partial charge in [-0.25, -0.2) is 0 Å². The van der Waals surface area contributed by atoms with Crippen LogP contribution in [0.3, 0.4) is 0 Å². The number of hydrogen-bond acceptors (Lipinski definition) is 1. The summed E-state index contributed by atoms with van der Waals surface area (Å²) in [6.45, 7) is 0.403. The highest BCUT2D eigenvalue weighted by molar-refractivity contribution is 7.80. The van der Waals surface area contributed by atoms with Crippen molar-refractivity contribution >= 4 is 47.4 Å². The van der Waals surface area contributed by atoms with Crippen molar-refractivity contribution in [2.45, 2.75) is 10.2 Å². The largest absolute Gasteiger partial charge is 0.370 e. The van der Waals surface area contributed by atoms with Crippen molar-refractivity contribution in [2.24, 2.45) is 0 Å². The van der Waals surface area contributed by atoms with Crippen LogP contribution in [0, 0.1) is 0 Å². The van der Waals surface area contributed by atoms with E-state index in [1.54, 1.807) is 0 Å². The fourth-order valence-corrected chi connectivity index (χ4v) is 0.596. The molecule has 0 saturated heterocycles. The van der Waals surface area contributed by atoms with Gasteiger partial charge in [0.25, 0.3) is 0 Å². The number of rotatable bonds is 3. The fourth-order valence-electron chi connectivity index (χ4n) is 0.247. The molecule has 0 N–H and O–H groups in total. The summed E-state index contributed by atoms with van der Waals surface area (Å²) in [6.07, 6.45) is 0.383. The van der Waals surface area contributed by atoms with E-state index in [0.717, 1.165) is 0 Å². The molecule has 9 heavy (non-hydrogen) atoms. The monoisotopic (exact) mass is 207 g/mol. The molecule has 0 spiro atoms. The lowest BCUT2D eigenvalue weighted by Crippen LogP contribution is -2.06. The van der Waals surface area contributed by atoms with Crippen LogP contribution < -0.4 is 0 Å². The molecule has 0 aromatic heterocycles. The van der Waals surface area contributed by atoms with Crippen LogP contribution in [0.5, 0.6) is 0 Å². The number of halogens is 3. The van der Waals surface area contributed by atoms with E-state index in [2.05, 4.69) is 12.6 Å². The van der Waals surface area contributed by atoms with E-state index in [4.69, 9.17) is 39.5 Å². The molecule has 0 aliphatic heterocycles. The number of ether oxygens (including phenoxy) is 1. The third-order valence-corrected chi connectivity index (χ3v) is 1.35. The Bertz CT molecular complexity index is 72.7. The first-order valence-corrected chi connectivity index (χ1v) is 4.00. The Hall–Kier alpha value is 1.18. The second-order valence-corrected chi connectivity index (χ2v) is 4.14. The maximum Gasteiger partial charge on any atom is 0.192 e. The van der Waals surface area contributed by atoms with Gasteiger partial charge in [0.1, 0.15) is 5.94 Å². The number of hydrogen-bond donors (Lipinski definition) is 0. The summed E-state index contributed by atoms with van der Waals surface area (Å²) in [5, 5.41) is 0. The van der Waals surface area contributed by atoms with Crippen molar-refractivity contribution in [1.29, 1.82) is 0 Å². The molecule has 0 rings (SSSR count). The van der Waals surface area contributed by atoms with Gasteiger partial charge >= 0.3 is 0 Å². The summed E-state index contributed by atoms with van der Waals surface area (Å²) in [4.78, 5) is 0. The molecule has 0 bridgehead atoms. The zero-order valence-corrected chi connectivity index (χ0v) is 7.66. The van der Waals surface area contributed by atoms with Crippen LogP contribution in [0.15, 0.2) is 0 Å². The Morgan fingerprint density at radius 3 is 2.22 bits per heavy atom. The second-order valence-electron chi connectivity index (χ2n) is 1.39. The van der Waals surface area contributed by atoms with Crippen molar-refractivity contribution in [3.05, 3.63) is 0 Å². The Balaban J connectivity index is 3.07. The second kappa shape index (κ2) is 4.91. The van der Waals surface area contributed by atoms with Crippen molar-refractivity contribution in [3.8, 4) is 0 Å². The topological polar surface area (TPSA) is 9.23 Å². The van der Waals surface area contributed by atoms with Crippen LogP contribution in [0.25, 0.3) is 0 Å². The lowest BCUT2D eigenvalue weighted by molar-refractivity contribution is 0.181. The van der Waals surface area contributed by atoms with Crippen LogP contribution in [-0.4, -0.2) is 16.3 Å². The van der Waals surface area contributed by atoms with Gasteiger partial charge in [-0.3, -0.25) is 0 Å². The minimum absolute atomic E-state index is 0.251. The Morgan fingerprint density at radius 2 is 1.89 bits per heavy atom. The molecule has 0 amide bonds. The molecular weight excluding hydrogens is 202 g/mol. The Morgan fingerprint density at radius 1 is 1.33 bits per heavy atom.